The zero-order valence-corrected chi connectivity index (χ0v) is 27.9. The number of benzene rings is 4. The highest BCUT2D eigenvalue weighted by molar-refractivity contribution is 7.56. The fourth-order valence-corrected chi connectivity index (χ4v) is 6.90. The van der Waals surface area contributed by atoms with Crippen LogP contribution in [0.15, 0.2) is 72.8 Å². The summed E-state index contributed by atoms with van der Waals surface area (Å²) in [7, 11) is 1.98. The highest BCUT2D eigenvalue weighted by Gasteiger charge is 2.41. The van der Waals surface area contributed by atoms with Crippen LogP contribution in [0.25, 0.3) is 0 Å². The number of aromatic hydroxyl groups is 2. The summed E-state index contributed by atoms with van der Waals surface area (Å²) in [6.45, 7) is 0. The van der Waals surface area contributed by atoms with Gasteiger partial charge in [0.2, 0.25) is 0 Å². The number of rotatable bonds is 10. The van der Waals surface area contributed by atoms with Crippen LogP contribution in [-0.4, -0.2) is 24.4 Å². The monoisotopic (exact) mass is 686 g/mol. The van der Waals surface area contributed by atoms with E-state index in [1.807, 2.05) is 48.6 Å². The van der Waals surface area contributed by atoms with Crippen LogP contribution in [0, 0.1) is 90.6 Å². The molecule has 4 aromatic rings. The van der Waals surface area contributed by atoms with Crippen molar-refractivity contribution in [3.8, 4) is 71.6 Å². The first-order valence-electron chi connectivity index (χ1n) is 14.7. The third-order valence-corrected chi connectivity index (χ3v) is 9.78. The maximum absolute atomic E-state index is 11.8. The van der Waals surface area contributed by atoms with E-state index in [0.717, 1.165) is 0 Å². The molecule has 0 radical (unpaired) electrons. The third kappa shape index (κ3) is 6.12. The lowest BCUT2D eigenvalue weighted by molar-refractivity contribution is 0.410. The molecule has 2 N–H and O–H groups in total. The molecular weight excluding hydrogens is 663 g/mol. The van der Waals surface area contributed by atoms with Crippen molar-refractivity contribution in [2.75, 3.05) is 14.2 Å². The van der Waals surface area contributed by atoms with Crippen molar-refractivity contribution in [2.45, 2.75) is 22.7 Å². The van der Waals surface area contributed by atoms with Gasteiger partial charge in [-0.05, 0) is 55.1 Å². The minimum Gasteiger partial charge on any atom is -0.507 e. The highest BCUT2D eigenvalue weighted by Crippen LogP contribution is 2.44. The van der Waals surface area contributed by atoms with Gasteiger partial charge in [-0.15, -0.1) is 0 Å². The Labute approximate surface area is 295 Å². The number of nitriles is 8. The minimum absolute atomic E-state index is 0.0594. The van der Waals surface area contributed by atoms with Crippen LogP contribution in [0.2, 0.25) is 0 Å². The lowest BCUT2D eigenvalue weighted by atomic mass is 9.76. The Morgan fingerprint density at radius 2 is 0.824 bits per heavy atom. The molecule has 0 unspecified atom stereocenters. The van der Waals surface area contributed by atoms with Crippen molar-refractivity contribution in [1.82, 2.24) is 0 Å². The van der Waals surface area contributed by atoms with E-state index in [4.69, 9.17) is 9.47 Å². The molecule has 0 aliphatic heterocycles. The Kier molecular flexibility index (Phi) is 10.7. The molecule has 0 aromatic heterocycles. The Hall–Kier alpha value is -7.57. The summed E-state index contributed by atoms with van der Waals surface area (Å²) in [4.78, 5) is 0. The maximum atomic E-state index is 11.8. The Morgan fingerprint density at radius 3 is 1.08 bits per heavy atom. The first-order chi connectivity index (χ1) is 24.6. The Balaban J connectivity index is 1.92. The number of phenolic OH excluding ortho intramolecular Hbond substituents is 2. The van der Waals surface area contributed by atoms with E-state index in [9.17, 15) is 52.3 Å². The van der Waals surface area contributed by atoms with Gasteiger partial charge < -0.3 is 19.7 Å². The quantitative estimate of drug-likeness (QED) is 0.216. The van der Waals surface area contributed by atoms with E-state index in [-0.39, 0.29) is 44.4 Å². The molecule has 0 spiro atoms. The van der Waals surface area contributed by atoms with Crippen LogP contribution in [0.3, 0.4) is 0 Å². The molecule has 244 valence electrons. The summed E-state index contributed by atoms with van der Waals surface area (Å²) in [6.07, 6.45) is 0. The molecule has 12 nitrogen and oxygen atoms in total. The van der Waals surface area contributed by atoms with Crippen LogP contribution < -0.4 is 20.1 Å². The van der Waals surface area contributed by atoms with Gasteiger partial charge in [0.15, 0.2) is 22.7 Å². The normalized spacial score (nSPS) is 10.6. The molecular formula is C38H23N8O4P. The number of hydrogen-bond donors (Lipinski definition) is 2. The van der Waals surface area contributed by atoms with Crippen molar-refractivity contribution in [3.63, 3.8) is 0 Å². The summed E-state index contributed by atoms with van der Waals surface area (Å²) >= 11 is 0. The zero-order chi connectivity index (χ0) is 37.3. The summed E-state index contributed by atoms with van der Waals surface area (Å²) < 4.78 is 11.0. The molecule has 0 saturated carbocycles. The van der Waals surface area contributed by atoms with E-state index >= 15 is 0 Å². The summed E-state index contributed by atoms with van der Waals surface area (Å²) in [5.41, 5.74) is -3.37. The van der Waals surface area contributed by atoms with Gasteiger partial charge in [-0.2, -0.15) is 42.1 Å². The van der Waals surface area contributed by atoms with Gasteiger partial charge in [0, 0.05) is 11.1 Å². The standard InChI is InChI=1S/C38H23N8O4P/c1-49-31-13-11-29(37(19-43,20-44)27-7-3-23(4-8-27)25(15-39)16-40)33(47)35(31)51-36-32(50-2)14-12-30(34(36)48)38(21-45,22-46)28-9-5-24(6-10-28)26(17-41)18-42/h3-14,25-26,47-48,51H,1-2H3. The molecule has 0 heterocycles. The fraction of sp³-hybridized carbons (Fsp3) is 0.158. The van der Waals surface area contributed by atoms with Crippen LogP contribution in [-0.2, 0) is 10.8 Å². The van der Waals surface area contributed by atoms with Gasteiger partial charge in [0.25, 0.3) is 0 Å². The molecule has 0 amide bonds. The topological polar surface area (TPSA) is 249 Å². The maximum Gasteiger partial charge on any atom is 0.197 e. The predicted molar refractivity (Wildman–Crippen MR) is 182 cm³/mol. The van der Waals surface area contributed by atoms with Crippen LogP contribution >= 0.6 is 8.58 Å². The van der Waals surface area contributed by atoms with Crippen molar-refractivity contribution < 1.29 is 19.7 Å². The average molecular weight is 687 g/mol. The predicted octanol–water partition coefficient (Wildman–Crippen LogP) is 4.67. The second kappa shape index (κ2) is 15.1. The Bertz CT molecular complexity index is 2130. The first kappa shape index (κ1) is 36.3. The molecule has 51 heavy (non-hydrogen) atoms. The van der Waals surface area contributed by atoms with Gasteiger partial charge in [-0.1, -0.05) is 48.5 Å². The number of phenols is 2. The summed E-state index contributed by atoms with van der Waals surface area (Å²) in [6, 6.07) is 32.5. The van der Waals surface area contributed by atoms with Crippen molar-refractivity contribution in [2.24, 2.45) is 0 Å². The van der Waals surface area contributed by atoms with Crippen molar-refractivity contribution in [3.05, 3.63) is 106 Å². The van der Waals surface area contributed by atoms with Gasteiger partial charge in [0.05, 0.1) is 73.4 Å². The fourth-order valence-electron chi connectivity index (χ4n) is 5.52. The van der Waals surface area contributed by atoms with E-state index < -0.39 is 42.7 Å². The van der Waals surface area contributed by atoms with E-state index in [2.05, 4.69) is 0 Å². The lowest BCUT2D eigenvalue weighted by Gasteiger charge is -2.25. The average Bonchev–Trinajstić information content (AvgIpc) is 3.17. The molecule has 13 heteroatoms. The molecule has 0 bridgehead atoms. The smallest absolute Gasteiger partial charge is 0.197 e. The van der Waals surface area contributed by atoms with Crippen LogP contribution in [0.1, 0.15) is 45.2 Å². The van der Waals surface area contributed by atoms with Crippen molar-refractivity contribution in [1.29, 1.82) is 42.1 Å². The molecule has 4 aromatic carbocycles. The first-order valence-corrected chi connectivity index (χ1v) is 15.7. The minimum atomic E-state index is -2.07. The van der Waals surface area contributed by atoms with Crippen molar-refractivity contribution >= 4 is 19.2 Å². The molecule has 0 aliphatic carbocycles. The van der Waals surface area contributed by atoms with Gasteiger partial charge in [0.1, 0.15) is 23.0 Å². The van der Waals surface area contributed by atoms with E-state index in [1.54, 1.807) is 0 Å². The highest BCUT2D eigenvalue weighted by atomic mass is 31.1. The van der Waals surface area contributed by atoms with Crippen LogP contribution in [0.4, 0.5) is 0 Å². The SMILES string of the molecule is COc1ccc(C(C#N)(C#N)c2ccc(C(C#N)C#N)cc2)c(O)c1Pc1c(OC)ccc(C(C#N)(C#N)c2ccc(C(C#N)C#N)cc2)c1O. The lowest BCUT2D eigenvalue weighted by Crippen LogP contribution is -2.27. The second-order valence-electron chi connectivity index (χ2n) is 10.8. The summed E-state index contributed by atoms with van der Waals surface area (Å²) in [5, 5.41) is 102. The molecule has 0 saturated heterocycles. The molecule has 4 rings (SSSR count). The molecule has 0 aliphatic rings. The van der Waals surface area contributed by atoms with Gasteiger partial charge >= 0.3 is 0 Å². The van der Waals surface area contributed by atoms with Crippen LogP contribution in [0.5, 0.6) is 23.0 Å². The second-order valence-corrected chi connectivity index (χ2v) is 12.0. The number of methoxy groups -OCH3 is 2. The number of hydrogen-bond acceptors (Lipinski definition) is 12. The van der Waals surface area contributed by atoms with Gasteiger partial charge in [-0.3, -0.25) is 0 Å². The third-order valence-electron chi connectivity index (χ3n) is 8.32. The Morgan fingerprint density at radius 1 is 0.510 bits per heavy atom. The largest absolute Gasteiger partial charge is 0.507 e. The zero-order valence-electron chi connectivity index (χ0n) is 26.9. The number of ether oxygens (including phenoxy) is 2. The van der Waals surface area contributed by atoms with E-state index in [0.29, 0.717) is 11.1 Å². The van der Waals surface area contributed by atoms with E-state index in [1.165, 1.54) is 87.0 Å². The number of nitrogens with zero attached hydrogens (tertiary/aromatic N) is 8. The van der Waals surface area contributed by atoms with Gasteiger partial charge in [-0.25, -0.2) is 0 Å². The molecule has 0 fully saturated rings. The molecule has 0 atom stereocenters. The summed E-state index contributed by atoms with van der Waals surface area (Å²) in [5.74, 6) is -2.91.